The molecule has 3 heterocycles. The first-order chi connectivity index (χ1) is 13.5. The van der Waals surface area contributed by atoms with E-state index in [9.17, 15) is 8.42 Å². The number of guanidine groups is 1. The molecule has 1 atom stereocenters. The van der Waals surface area contributed by atoms with Gasteiger partial charge in [-0.25, -0.2) is 8.42 Å². The van der Waals surface area contributed by atoms with Gasteiger partial charge in [0.25, 0.3) is 0 Å². The number of sulfonamides is 1. The molecular weight excluding hydrogens is 384 g/mol. The van der Waals surface area contributed by atoms with Crippen LogP contribution >= 0.6 is 0 Å². The minimum absolute atomic E-state index is 0.0940. The summed E-state index contributed by atoms with van der Waals surface area (Å²) in [5.41, 5.74) is 0.426. The van der Waals surface area contributed by atoms with E-state index >= 15 is 0 Å². The molecule has 0 spiro atoms. The van der Waals surface area contributed by atoms with E-state index in [0.717, 1.165) is 32.2 Å². The molecule has 0 amide bonds. The minimum atomic E-state index is -3.40. The Hall–Kier alpha value is -1.69. The van der Waals surface area contributed by atoms with Crippen molar-refractivity contribution in [2.75, 3.05) is 66.0 Å². The molecule has 10 nitrogen and oxygen atoms in total. The number of hydrogen-bond acceptors (Lipinski definition) is 7. The molecule has 2 saturated heterocycles. The summed E-state index contributed by atoms with van der Waals surface area (Å²) in [7, 11) is -1.32. The second kappa shape index (κ2) is 9.68. The molecule has 2 fully saturated rings. The van der Waals surface area contributed by atoms with Gasteiger partial charge >= 0.3 is 0 Å². The van der Waals surface area contributed by atoms with Crippen LogP contribution in [0.15, 0.2) is 21.8 Å². The van der Waals surface area contributed by atoms with Crippen molar-refractivity contribution in [3.8, 4) is 0 Å². The van der Waals surface area contributed by atoms with Gasteiger partial charge in [0.1, 0.15) is 12.0 Å². The molecule has 11 heteroatoms. The summed E-state index contributed by atoms with van der Waals surface area (Å²) >= 11 is 0. The van der Waals surface area contributed by atoms with Crippen molar-refractivity contribution in [1.82, 2.24) is 24.6 Å². The number of rotatable bonds is 6. The molecule has 2 aliphatic heterocycles. The summed E-state index contributed by atoms with van der Waals surface area (Å²) < 4.78 is 37.2. The van der Waals surface area contributed by atoms with E-state index < -0.39 is 10.0 Å². The molecule has 28 heavy (non-hydrogen) atoms. The van der Waals surface area contributed by atoms with Crippen molar-refractivity contribution >= 4 is 16.0 Å². The lowest BCUT2D eigenvalue weighted by Crippen LogP contribution is -2.54. The zero-order valence-electron chi connectivity index (χ0n) is 16.6. The molecule has 158 valence electrons. The molecule has 1 aromatic heterocycles. The second-order valence-electron chi connectivity index (χ2n) is 7.08. The van der Waals surface area contributed by atoms with Crippen LogP contribution in [0.3, 0.4) is 0 Å². The molecule has 1 aromatic rings. The van der Waals surface area contributed by atoms with Crippen molar-refractivity contribution in [2.45, 2.75) is 18.8 Å². The molecule has 2 aliphatic rings. The lowest BCUT2D eigenvalue weighted by molar-refractivity contribution is -0.0137. The summed E-state index contributed by atoms with van der Waals surface area (Å²) in [6, 6.07) is 1.58. The van der Waals surface area contributed by atoms with Crippen molar-refractivity contribution in [1.29, 1.82) is 0 Å². The molecule has 0 aromatic carbocycles. The number of aliphatic imine (C=N–C) groups is 1. The molecule has 0 aliphatic carbocycles. The van der Waals surface area contributed by atoms with Gasteiger partial charge in [0.2, 0.25) is 10.0 Å². The highest BCUT2D eigenvalue weighted by atomic mass is 32.2. The number of nitrogens with zero attached hydrogens (tertiary/aromatic N) is 5. The maximum absolute atomic E-state index is 12.6. The maximum atomic E-state index is 12.6. The fourth-order valence-electron chi connectivity index (χ4n) is 3.36. The van der Waals surface area contributed by atoms with Crippen LogP contribution < -0.4 is 5.32 Å². The quantitative estimate of drug-likeness (QED) is 0.487. The third-order valence-electron chi connectivity index (χ3n) is 4.87. The van der Waals surface area contributed by atoms with Crippen LogP contribution in [0.25, 0.3) is 0 Å². The largest absolute Gasteiger partial charge is 0.374 e. The third kappa shape index (κ3) is 5.66. The number of hydrogen-bond donors (Lipinski definition) is 1. The summed E-state index contributed by atoms with van der Waals surface area (Å²) in [4.78, 5) is 9.09. The Balaban J connectivity index is 1.55. The second-order valence-corrected chi connectivity index (χ2v) is 9.05. The molecular formula is C17H30N6O4S. The molecule has 0 bridgehead atoms. The number of ether oxygens (including phenoxy) is 1. The van der Waals surface area contributed by atoms with Crippen LogP contribution in [-0.2, 0) is 20.5 Å². The van der Waals surface area contributed by atoms with Gasteiger partial charge < -0.3 is 24.4 Å². The van der Waals surface area contributed by atoms with E-state index in [1.807, 2.05) is 6.92 Å². The van der Waals surface area contributed by atoms with Gasteiger partial charge in [-0.05, 0) is 14.0 Å². The molecule has 0 saturated carbocycles. The highest BCUT2D eigenvalue weighted by molar-refractivity contribution is 7.88. The smallest absolute Gasteiger partial charge is 0.220 e. The van der Waals surface area contributed by atoms with Gasteiger partial charge in [-0.2, -0.15) is 4.31 Å². The Morgan fingerprint density at radius 2 is 2.11 bits per heavy atom. The lowest BCUT2D eigenvalue weighted by Gasteiger charge is -2.36. The Bertz CT molecular complexity index is 731. The van der Waals surface area contributed by atoms with Crippen molar-refractivity contribution in [3.63, 3.8) is 0 Å². The number of piperazine rings is 1. The fraction of sp³-hybridized carbons (Fsp3) is 0.765. The van der Waals surface area contributed by atoms with E-state index in [4.69, 9.17) is 14.3 Å². The third-order valence-corrected chi connectivity index (χ3v) is 6.69. The SMILES string of the molecule is CCNC(=NCC1CN(C)CCO1)N1CCN(S(=O)(=O)Cc2ccon2)CC1. The Morgan fingerprint density at radius 3 is 2.75 bits per heavy atom. The van der Waals surface area contributed by atoms with Crippen LogP contribution in [0.1, 0.15) is 12.6 Å². The van der Waals surface area contributed by atoms with Gasteiger partial charge in [-0.15, -0.1) is 0 Å². The standard InChI is InChI=1S/C17H30N6O4S/c1-3-18-17(19-12-16-13-21(2)9-11-26-16)22-5-7-23(8-6-22)28(24,25)14-15-4-10-27-20-15/h4,10,16H,3,5-9,11-14H2,1-2H3,(H,18,19). The van der Waals surface area contributed by atoms with Crippen molar-refractivity contribution in [2.24, 2.45) is 4.99 Å². The lowest BCUT2D eigenvalue weighted by atomic mass is 10.3. The summed E-state index contributed by atoms with van der Waals surface area (Å²) in [6.07, 6.45) is 1.48. The number of aromatic nitrogens is 1. The number of likely N-dealkylation sites (N-methyl/N-ethyl adjacent to an activating group) is 1. The van der Waals surface area contributed by atoms with Gasteiger partial charge in [0.15, 0.2) is 5.96 Å². The molecule has 1 unspecified atom stereocenters. The first-order valence-electron chi connectivity index (χ1n) is 9.68. The van der Waals surface area contributed by atoms with Crippen LogP contribution in [0.5, 0.6) is 0 Å². The summed E-state index contributed by atoms with van der Waals surface area (Å²) in [6.45, 7) is 7.97. The fourth-order valence-corrected chi connectivity index (χ4v) is 4.78. The monoisotopic (exact) mass is 414 g/mol. The predicted octanol–water partition coefficient (Wildman–Crippen LogP) is -0.582. The van der Waals surface area contributed by atoms with E-state index in [2.05, 4.69) is 27.3 Å². The topological polar surface area (TPSA) is 104 Å². The minimum Gasteiger partial charge on any atom is -0.374 e. The molecule has 0 radical (unpaired) electrons. The normalized spacial score (nSPS) is 23.1. The van der Waals surface area contributed by atoms with Gasteiger partial charge in [0.05, 0.1) is 24.9 Å². The van der Waals surface area contributed by atoms with Crippen LogP contribution in [-0.4, -0.2) is 106 Å². The Kier molecular flexibility index (Phi) is 7.27. The molecule has 3 rings (SSSR count). The van der Waals surface area contributed by atoms with E-state index in [0.29, 0.717) is 38.4 Å². The zero-order valence-corrected chi connectivity index (χ0v) is 17.4. The zero-order chi connectivity index (χ0) is 20.0. The summed E-state index contributed by atoms with van der Waals surface area (Å²) in [5, 5.41) is 7.01. The van der Waals surface area contributed by atoms with Gasteiger partial charge in [-0.1, -0.05) is 5.16 Å². The average Bonchev–Trinajstić information content (AvgIpc) is 3.17. The van der Waals surface area contributed by atoms with Crippen molar-refractivity contribution in [3.05, 3.63) is 18.0 Å². The van der Waals surface area contributed by atoms with Crippen molar-refractivity contribution < 1.29 is 17.7 Å². The Morgan fingerprint density at radius 1 is 1.32 bits per heavy atom. The van der Waals surface area contributed by atoms with E-state index in [1.165, 1.54) is 10.6 Å². The predicted molar refractivity (Wildman–Crippen MR) is 105 cm³/mol. The summed E-state index contributed by atoms with van der Waals surface area (Å²) in [5.74, 6) is 0.678. The number of nitrogens with one attached hydrogen (secondary N) is 1. The Labute approximate surface area is 166 Å². The first kappa shape index (κ1) is 21.0. The average molecular weight is 415 g/mol. The van der Waals surface area contributed by atoms with Crippen LogP contribution in [0, 0.1) is 0 Å². The molecule has 1 N–H and O–H groups in total. The van der Waals surface area contributed by atoms with E-state index in [-0.39, 0.29) is 11.9 Å². The van der Waals surface area contributed by atoms with Crippen LogP contribution in [0.2, 0.25) is 0 Å². The number of morpholine rings is 1. The van der Waals surface area contributed by atoms with Crippen LogP contribution in [0.4, 0.5) is 0 Å². The van der Waals surface area contributed by atoms with Gasteiger partial charge in [-0.3, -0.25) is 4.99 Å². The maximum Gasteiger partial charge on any atom is 0.220 e. The highest BCUT2D eigenvalue weighted by Crippen LogP contribution is 2.13. The van der Waals surface area contributed by atoms with E-state index in [1.54, 1.807) is 6.07 Å². The highest BCUT2D eigenvalue weighted by Gasteiger charge is 2.29. The first-order valence-corrected chi connectivity index (χ1v) is 11.3. The van der Waals surface area contributed by atoms with Gasteiger partial charge in [0, 0.05) is 51.9 Å².